The average molecular weight is 1380 g/mol. The highest BCUT2D eigenvalue weighted by Gasteiger charge is 2.57. The Bertz CT molecular complexity index is 3300. The first kappa shape index (κ1) is 74.9. The maximum absolute atomic E-state index is 12.7. The van der Waals surface area contributed by atoms with Crippen LogP contribution in [0.15, 0.2) is 212 Å². The molecule has 7 aromatic carbocycles. The molecule has 4 fully saturated rings. The Morgan fingerprint density at radius 1 is 0.300 bits per heavy atom. The van der Waals surface area contributed by atoms with E-state index in [1.54, 1.807) is 0 Å². The molecule has 0 amide bonds. The van der Waals surface area contributed by atoms with Crippen LogP contribution >= 0.6 is 0 Å². The number of ether oxygens (including phenoxy) is 13. The summed E-state index contributed by atoms with van der Waals surface area (Å²) in [5.74, 6) is 0. The number of hydrogen-bond donors (Lipinski definition) is 8. The zero-order valence-corrected chi connectivity index (χ0v) is 56.2. The number of aliphatic hydroxyl groups excluding tert-OH is 8. The van der Waals surface area contributed by atoms with E-state index in [0.717, 1.165) is 54.4 Å². The smallest absolute Gasteiger partial charge is 0.187 e. The standard InChI is InChI=1S/C79H96O21/c1-2-3-4-5-6-28-43-92-75-67(84)63(80)71(59(93-75)48-88-44-52-29-14-7-15-30-52)97-76-68(85)64(81)72(60(94-76)49-89-45-53-31-16-8-17-32-53)98-77-69(86)65(82)73(61(95-77)50-90-46-54-33-18-9-19-34-54)99-78-70(87)66(83)74(62(96-78)51-91-47-55-35-20-10-21-36-55)100-79(56-37-22-11-23-38-56,57-39-24-12-25-40-57)58-41-26-13-27-42-58/h7-27,29-42,59-78,80-87H,2-6,28,43-51H2,1H3/t59-,60-,61-,62-,63-,64-,65-,66-,67+,68+,69+,70+,71-,72-,73-,74-,75+,76-,77-,78-/m1/s1. The van der Waals surface area contributed by atoms with E-state index in [1.165, 1.54) is 0 Å². The van der Waals surface area contributed by atoms with Crippen molar-refractivity contribution < 1.29 is 102 Å². The summed E-state index contributed by atoms with van der Waals surface area (Å²) in [5.41, 5.74) is 4.03. The Balaban J connectivity index is 0.848. The summed E-state index contributed by atoms with van der Waals surface area (Å²) in [5, 5.41) is 98.0. The van der Waals surface area contributed by atoms with Crippen LogP contribution < -0.4 is 0 Å². The fraction of sp³-hybridized carbons (Fsp3) is 0.468. The lowest BCUT2D eigenvalue weighted by Crippen LogP contribution is -2.68. The normalized spacial score (nSPS) is 30.2. The second-order valence-electron chi connectivity index (χ2n) is 25.9. The summed E-state index contributed by atoms with van der Waals surface area (Å²) in [6.45, 7) is 1.81. The van der Waals surface area contributed by atoms with E-state index in [-0.39, 0.29) is 59.5 Å². The second kappa shape index (κ2) is 37.7. The fourth-order valence-electron chi connectivity index (χ4n) is 13.2. The predicted octanol–water partition coefficient (Wildman–Crippen LogP) is 7.55. The molecule has 0 bridgehead atoms. The number of hydrogen-bond acceptors (Lipinski definition) is 21. The van der Waals surface area contributed by atoms with Crippen LogP contribution in [0.2, 0.25) is 0 Å². The van der Waals surface area contributed by atoms with Gasteiger partial charge in [0.05, 0.1) is 52.9 Å². The van der Waals surface area contributed by atoms with Crippen molar-refractivity contribution in [1.29, 1.82) is 0 Å². The zero-order chi connectivity index (χ0) is 69.6. The van der Waals surface area contributed by atoms with Crippen LogP contribution in [0.1, 0.15) is 84.4 Å². The van der Waals surface area contributed by atoms with Gasteiger partial charge >= 0.3 is 0 Å². The SMILES string of the molecule is CCCCCCCCO[C@H]1O[C@H](COCc2ccccc2)[C@@H](O[C@H]2O[C@H](COCc3ccccc3)[C@@H](O[C@H]3O[C@H](COCc4ccccc4)[C@@H](O[C@H]4O[C@H](COCc5ccccc5)[C@@H](OC(c5ccccc5)(c5ccccc5)c5ccccc5)[C@H](O)[C@@H]4O)[C@H](O)[C@@H]3O)[C@H](O)[C@@H]2O)[C@H](O)[C@@H]1O. The highest BCUT2D eigenvalue weighted by molar-refractivity contribution is 5.47. The monoisotopic (exact) mass is 1380 g/mol. The van der Waals surface area contributed by atoms with Crippen LogP contribution in [0, 0.1) is 0 Å². The molecule has 0 spiro atoms. The summed E-state index contributed by atoms with van der Waals surface area (Å²) in [7, 11) is 0. The molecule has 7 aromatic rings. The topological polar surface area (TPSA) is 282 Å². The summed E-state index contributed by atoms with van der Waals surface area (Å²) < 4.78 is 84.1. The largest absolute Gasteiger partial charge is 0.387 e. The number of benzene rings is 7. The van der Waals surface area contributed by atoms with Crippen molar-refractivity contribution in [2.45, 2.75) is 200 Å². The van der Waals surface area contributed by atoms with Gasteiger partial charge in [0.1, 0.15) is 103 Å². The van der Waals surface area contributed by atoms with Crippen LogP contribution in [0.25, 0.3) is 0 Å². The van der Waals surface area contributed by atoms with Crippen molar-refractivity contribution in [1.82, 2.24) is 0 Å². The Morgan fingerprint density at radius 3 is 0.880 bits per heavy atom. The fourth-order valence-corrected chi connectivity index (χ4v) is 13.2. The molecule has 0 saturated carbocycles. The number of rotatable bonds is 35. The Morgan fingerprint density at radius 2 is 0.560 bits per heavy atom. The van der Waals surface area contributed by atoms with E-state index in [1.807, 2.05) is 212 Å². The quantitative estimate of drug-likeness (QED) is 0.0141. The van der Waals surface area contributed by atoms with Gasteiger partial charge in [-0.3, -0.25) is 0 Å². The number of unbranched alkanes of at least 4 members (excludes halogenated alkanes) is 5. The lowest BCUT2D eigenvalue weighted by Gasteiger charge is -2.50. The van der Waals surface area contributed by atoms with E-state index in [0.29, 0.717) is 23.1 Å². The van der Waals surface area contributed by atoms with Gasteiger partial charge in [-0.2, -0.15) is 0 Å². The molecule has 8 N–H and O–H groups in total. The first-order chi connectivity index (χ1) is 48.9. The van der Waals surface area contributed by atoms with Crippen LogP contribution in [0.4, 0.5) is 0 Å². The summed E-state index contributed by atoms with van der Waals surface area (Å²) in [4.78, 5) is 0. The highest BCUT2D eigenvalue weighted by Crippen LogP contribution is 2.45. The highest BCUT2D eigenvalue weighted by atomic mass is 16.8. The lowest BCUT2D eigenvalue weighted by atomic mass is 9.79. The third-order valence-corrected chi connectivity index (χ3v) is 18.6. The molecular formula is C79H96O21. The summed E-state index contributed by atoms with van der Waals surface area (Å²) in [6.07, 6.45) is -26.3. The molecule has 100 heavy (non-hydrogen) atoms. The van der Waals surface area contributed by atoms with Gasteiger partial charge in [0, 0.05) is 6.61 Å². The molecule has 21 heteroatoms. The predicted molar refractivity (Wildman–Crippen MR) is 365 cm³/mol. The van der Waals surface area contributed by atoms with Gasteiger partial charge in [0.25, 0.3) is 0 Å². The van der Waals surface area contributed by atoms with Crippen molar-refractivity contribution in [2.75, 3.05) is 33.0 Å². The summed E-state index contributed by atoms with van der Waals surface area (Å²) >= 11 is 0. The molecule has 4 saturated heterocycles. The minimum absolute atomic E-state index is 0.0545. The second-order valence-corrected chi connectivity index (χ2v) is 25.9. The molecule has 4 aliphatic heterocycles. The van der Waals surface area contributed by atoms with Gasteiger partial charge in [-0.05, 0) is 45.4 Å². The van der Waals surface area contributed by atoms with Gasteiger partial charge in [0.15, 0.2) is 25.2 Å². The maximum atomic E-state index is 12.7. The van der Waals surface area contributed by atoms with E-state index in [4.69, 9.17) is 61.6 Å². The lowest BCUT2D eigenvalue weighted by molar-refractivity contribution is -0.391. The zero-order valence-electron chi connectivity index (χ0n) is 56.2. The number of aliphatic hydroxyl groups is 8. The molecule has 4 heterocycles. The first-order valence-corrected chi connectivity index (χ1v) is 34.9. The van der Waals surface area contributed by atoms with Crippen LogP contribution in [0.3, 0.4) is 0 Å². The Kier molecular flexibility index (Phi) is 28.3. The Labute approximate surface area is 584 Å². The van der Waals surface area contributed by atoms with Gasteiger partial charge in [-0.1, -0.05) is 251 Å². The molecule has 21 nitrogen and oxygen atoms in total. The van der Waals surface area contributed by atoms with Crippen LogP contribution in [-0.4, -0.2) is 197 Å². The average Bonchev–Trinajstić information content (AvgIpc) is 0.747. The first-order valence-electron chi connectivity index (χ1n) is 34.9. The van der Waals surface area contributed by atoms with E-state index in [2.05, 4.69) is 6.92 Å². The van der Waals surface area contributed by atoms with Crippen molar-refractivity contribution in [2.24, 2.45) is 0 Å². The molecule has 538 valence electrons. The minimum Gasteiger partial charge on any atom is -0.387 e. The molecule has 0 radical (unpaired) electrons. The molecule has 0 aliphatic carbocycles. The van der Waals surface area contributed by atoms with Gasteiger partial charge in [0.2, 0.25) is 0 Å². The van der Waals surface area contributed by atoms with Crippen molar-refractivity contribution in [3.63, 3.8) is 0 Å². The molecule has 4 aliphatic rings. The maximum Gasteiger partial charge on any atom is 0.187 e. The third kappa shape index (κ3) is 19.3. The van der Waals surface area contributed by atoms with Gasteiger partial charge in [-0.15, -0.1) is 0 Å². The van der Waals surface area contributed by atoms with E-state index < -0.39 is 128 Å². The van der Waals surface area contributed by atoms with Crippen LogP contribution in [0.5, 0.6) is 0 Å². The van der Waals surface area contributed by atoms with E-state index >= 15 is 0 Å². The van der Waals surface area contributed by atoms with Crippen molar-refractivity contribution in [3.8, 4) is 0 Å². The molecule has 20 atom stereocenters. The minimum atomic E-state index is -2.00. The van der Waals surface area contributed by atoms with Gasteiger partial charge < -0.3 is 102 Å². The van der Waals surface area contributed by atoms with E-state index in [9.17, 15) is 40.9 Å². The van der Waals surface area contributed by atoms with Crippen molar-refractivity contribution >= 4 is 0 Å². The third-order valence-electron chi connectivity index (χ3n) is 18.6. The summed E-state index contributed by atoms with van der Waals surface area (Å²) in [6, 6.07) is 66.0. The van der Waals surface area contributed by atoms with Gasteiger partial charge in [-0.25, -0.2) is 0 Å². The van der Waals surface area contributed by atoms with Crippen LogP contribution in [-0.2, 0) is 93.6 Å². The molecular weight excluding hydrogens is 1280 g/mol. The molecule has 0 aromatic heterocycles. The Hall–Kier alpha value is -6.30. The van der Waals surface area contributed by atoms with Crippen molar-refractivity contribution in [3.05, 3.63) is 251 Å². The molecule has 11 rings (SSSR count). The molecule has 0 unspecified atom stereocenters.